The molecule has 0 fully saturated rings. The average molecular weight is 284 g/mol. The number of carbonyl (C=O) groups excluding carboxylic acids is 1. The van der Waals surface area contributed by atoms with Crippen LogP contribution < -0.4 is 11.1 Å². The maximum atomic E-state index is 12.0. The van der Waals surface area contributed by atoms with E-state index in [9.17, 15) is 4.79 Å². The SMILES string of the molecule is Nc1cccnc1C(=O)NCc1nc2ccccc2s1. The molecule has 5 nitrogen and oxygen atoms in total. The molecule has 3 N–H and O–H groups in total. The van der Waals surface area contributed by atoms with Gasteiger partial charge in [0.05, 0.1) is 22.4 Å². The fourth-order valence-electron chi connectivity index (χ4n) is 1.84. The first kappa shape index (κ1) is 12.6. The highest BCUT2D eigenvalue weighted by atomic mass is 32.1. The summed E-state index contributed by atoms with van der Waals surface area (Å²) in [6.45, 7) is 0.369. The number of amides is 1. The molecular formula is C14H12N4OS. The fraction of sp³-hybridized carbons (Fsp3) is 0.0714. The van der Waals surface area contributed by atoms with Gasteiger partial charge in [-0.2, -0.15) is 0 Å². The summed E-state index contributed by atoms with van der Waals surface area (Å²) in [6.07, 6.45) is 1.54. The number of aromatic nitrogens is 2. The van der Waals surface area contributed by atoms with E-state index in [1.165, 1.54) is 0 Å². The highest BCUT2D eigenvalue weighted by Crippen LogP contribution is 2.21. The molecule has 6 heteroatoms. The summed E-state index contributed by atoms with van der Waals surface area (Å²) in [5.74, 6) is -0.289. The van der Waals surface area contributed by atoms with Crippen LogP contribution in [0.3, 0.4) is 0 Å². The summed E-state index contributed by atoms with van der Waals surface area (Å²) in [6, 6.07) is 11.2. The third-order valence-electron chi connectivity index (χ3n) is 2.79. The summed E-state index contributed by atoms with van der Waals surface area (Å²) in [5.41, 5.74) is 7.27. The predicted octanol–water partition coefficient (Wildman–Crippen LogP) is 2.20. The molecule has 0 aliphatic carbocycles. The van der Waals surface area contributed by atoms with Crippen LogP contribution in [-0.4, -0.2) is 15.9 Å². The minimum atomic E-state index is -0.289. The first-order valence-corrected chi connectivity index (χ1v) is 6.89. The molecule has 3 aromatic rings. The first-order chi connectivity index (χ1) is 9.74. The number of pyridine rings is 1. The van der Waals surface area contributed by atoms with Gasteiger partial charge in [0, 0.05) is 6.20 Å². The molecule has 20 heavy (non-hydrogen) atoms. The van der Waals surface area contributed by atoms with E-state index >= 15 is 0 Å². The van der Waals surface area contributed by atoms with Crippen molar-refractivity contribution in [3.05, 3.63) is 53.3 Å². The zero-order valence-corrected chi connectivity index (χ0v) is 11.4. The second-order valence-corrected chi connectivity index (χ2v) is 5.31. The number of nitrogens with one attached hydrogen (secondary N) is 1. The summed E-state index contributed by atoms with van der Waals surface area (Å²) < 4.78 is 1.11. The number of para-hydroxylation sites is 1. The Hall–Kier alpha value is -2.47. The van der Waals surface area contributed by atoms with Crippen LogP contribution in [0.5, 0.6) is 0 Å². The van der Waals surface area contributed by atoms with Crippen molar-refractivity contribution in [1.82, 2.24) is 15.3 Å². The molecule has 0 spiro atoms. The maximum Gasteiger partial charge on any atom is 0.272 e. The second kappa shape index (κ2) is 5.26. The van der Waals surface area contributed by atoms with Gasteiger partial charge in [0.15, 0.2) is 5.69 Å². The van der Waals surface area contributed by atoms with Crippen LogP contribution in [0.4, 0.5) is 5.69 Å². The average Bonchev–Trinajstić information content (AvgIpc) is 2.88. The molecule has 2 heterocycles. The molecule has 0 saturated heterocycles. The number of nitrogens with two attached hydrogens (primary N) is 1. The third kappa shape index (κ3) is 2.46. The third-order valence-corrected chi connectivity index (χ3v) is 3.83. The van der Waals surface area contributed by atoms with Crippen molar-refractivity contribution in [2.45, 2.75) is 6.54 Å². The summed E-state index contributed by atoms with van der Waals surface area (Å²) in [7, 11) is 0. The van der Waals surface area contributed by atoms with Gasteiger partial charge in [-0.05, 0) is 24.3 Å². The summed E-state index contributed by atoms with van der Waals surface area (Å²) >= 11 is 1.56. The van der Waals surface area contributed by atoms with Gasteiger partial charge in [-0.25, -0.2) is 9.97 Å². The number of hydrogen-bond acceptors (Lipinski definition) is 5. The van der Waals surface area contributed by atoms with E-state index < -0.39 is 0 Å². The number of anilines is 1. The Morgan fingerprint density at radius 1 is 1.25 bits per heavy atom. The van der Waals surface area contributed by atoms with Crippen molar-refractivity contribution in [2.24, 2.45) is 0 Å². The molecule has 2 aromatic heterocycles. The van der Waals surface area contributed by atoms with Gasteiger partial charge in [-0.1, -0.05) is 12.1 Å². The van der Waals surface area contributed by atoms with E-state index in [0.717, 1.165) is 15.2 Å². The predicted molar refractivity (Wildman–Crippen MR) is 79.4 cm³/mol. The molecule has 0 unspecified atom stereocenters. The van der Waals surface area contributed by atoms with Crippen LogP contribution in [-0.2, 0) is 6.54 Å². The number of carbonyl (C=O) groups is 1. The Kier molecular flexibility index (Phi) is 3.30. The van der Waals surface area contributed by atoms with Crippen molar-refractivity contribution < 1.29 is 4.79 Å². The van der Waals surface area contributed by atoms with E-state index in [2.05, 4.69) is 15.3 Å². The van der Waals surface area contributed by atoms with Crippen LogP contribution >= 0.6 is 11.3 Å². The number of rotatable bonds is 3. The van der Waals surface area contributed by atoms with E-state index in [1.807, 2.05) is 24.3 Å². The van der Waals surface area contributed by atoms with Gasteiger partial charge in [-0.15, -0.1) is 11.3 Å². The number of thiazole rings is 1. The normalized spacial score (nSPS) is 10.6. The van der Waals surface area contributed by atoms with Gasteiger partial charge >= 0.3 is 0 Å². The monoisotopic (exact) mass is 284 g/mol. The molecule has 1 aromatic carbocycles. The van der Waals surface area contributed by atoms with E-state index in [1.54, 1.807) is 29.7 Å². The zero-order valence-electron chi connectivity index (χ0n) is 10.5. The largest absolute Gasteiger partial charge is 0.397 e. The van der Waals surface area contributed by atoms with Crippen molar-refractivity contribution >= 4 is 33.1 Å². The van der Waals surface area contributed by atoms with Crippen LogP contribution in [0.25, 0.3) is 10.2 Å². The standard InChI is InChI=1S/C14H12N4OS/c15-9-4-3-7-16-13(9)14(19)17-8-12-18-10-5-1-2-6-11(10)20-12/h1-7H,8,15H2,(H,17,19). The summed E-state index contributed by atoms with van der Waals surface area (Å²) in [4.78, 5) is 20.4. The van der Waals surface area contributed by atoms with Crippen LogP contribution in [0.2, 0.25) is 0 Å². The molecule has 100 valence electrons. The second-order valence-electron chi connectivity index (χ2n) is 4.20. The molecule has 3 rings (SSSR count). The topological polar surface area (TPSA) is 80.9 Å². The summed E-state index contributed by atoms with van der Waals surface area (Å²) in [5, 5.41) is 3.64. The Bertz CT molecular complexity index is 735. The minimum absolute atomic E-state index is 0.244. The lowest BCUT2D eigenvalue weighted by Crippen LogP contribution is -2.24. The first-order valence-electron chi connectivity index (χ1n) is 6.07. The molecule has 0 saturated carbocycles. The quantitative estimate of drug-likeness (QED) is 0.772. The molecule has 1 amide bonds. The van der Waals surface area contributed by atoms with Crippen LogP contribution in [0.1, 0.15) is 15.5 Å². The van der Waals surface area contributed by atoms with Gasteiger partial charge in [0.2, 0.25) is 0 Å². The van der Waals surface area contributed by atoms with E-state index in [-0.39, 0.29) is 11.6 Å². The smallest absolute Gasteiger partial charge is 0.272 e. The van der Waals surface area contributed by atoms with E-state index in [0.29, 0.717) is 12.2 Å². The molecule has 0 aliphatic rings. The van der Waals surface area contributed by atoms with Crippen LogP contribution in [0.15, 0.2) is 42.6 Å². The Labute approximate surface area is 119 Å². The number of nitrogen functional groups attached to an aromatic ring is 1. The number of benzene rings is 1. The van der Waals surface area contributed by atoms with Gasteiger partial charge < -0.3 is 11.1 Å². The number of fused-ring (bicyclic) bond motifs is 1. The van der Waals surface area contributed by atoms with Crippen LogP contribution in [0, 0.1) is 0 Å². The minimum Gasteiger partial charge on any atom is -0.397 e. The Morgan fingerprint density at radius 2 is 2.10 bits per heavy atom. The van der Waals surface area contributed by atoms with Gasteiger partial charge in [-0.3, -0.25) is 4.79 Å². The Balaban J connectivity index is 1.73. The van der Waals surface area contributed by atoms with Gasteiger partial charge in [0.25, 0.3) is 5.91 Å². The zero-order chi connectivity index (χ0) is 13.9. The lowest BCUT2D eigenvalue weighted by molar-refractivity contribution is 0.0947. The van der Waals surface area contributed by atoms with Crippen molar-refractivity contribution in [3.63, 3.8) is 0 Å². The lowest BCUT2D eigenvalue weighted by Gasteiger charge is -2.04. The van der Waals surface area contributed by atoms with Gasteiger partial charge in [0.1, 0.15) is 5.01 Å². The lowest BCUT2D eigenvalue weighted by atomic mass is 10.3. The highest BCUT2D eigenvalue weighted by molar-refractivity contribution is 7.18. The highest BCUT2D eigenvalue weighted by Gasteiger charge is 2.11. The number of nitrogens with zero attached hydrogens (tertiary/aromatic N) is 2. The molecule has 0 radical (unpaired) electrons. The molecule has 0 aliphatic heterocycles. The van der Waals surface area contributed by atoms with Crippen molar-refractivity contribution in [1.29, 1.82) is 0 Å². The number of hydrogen-bond donors (Lipinski definition) is 2. The molecule has 0 atom stereocenters. The maximum absolute atomic E-state index is 12.0. The van der Waals surface area contributed by atoms with Crippen molar-refractivity contribution in [2.75, 3.05) is 5.73 Å². The van der Waals surface area contributed by atoms with E-state index in [4.69, 9.17) is 5.73 Å². The molecule has 0 bridgehead atoms. The van der Waals surface area contributed by atoms with Crippen molar-refractivity contribution in [3.8, 4) is 0 Å². The Morgan fingerprint density at radius 3 is 2.90 bits per heavy atom. The molecular weight excluding hydrogens is 272 g/mol. The fourth-order valence-corrected chi connectivity index (χ4v) is 2.75.